The Morgan fingerprint density at radius 3 is 1.50 bits per heavy atom. The first kappa shape index (κ1) is 5.35. The lowest BCUT2D eigenvalue weighted by Crippen LogP contribution is -1.87. The molecular weight excluding hydrogens is 124 g/mol. The highest BCUT2D eigenvalue weighted by Gasteiger charge is 1.91. The van der Waals surface area contributed by atoms with Crippen molar-refractivity contribution in [3.8, 4) is 0 Å². The van der Waals surface area contributed by atoms with Gasteiger partial charge in [-0.05, 0) is 11.1 Å². The van der Waals surface area contributed by atoms with Crippen LogP contribution in [0.5, 0.6) is 0 Å². The number of rotatable bonds is 0. The summed E-state index contributed by atoms with van der Waals surface area (Å²) in [5.41, 5.74) is 2.20. The van der Waals surface area contributed by atoms with Crippen LogP contribution in [0.25, 0.3) is 0 Å². The zero-order chi connectivity index (χ0) is 6.81. The summed E-state index contributed by atoms with van der Waals surface area (Å²) in [5, 5.41) is 7.60. The lowest BCUT2D eigenvalue weighted by atomic mass is 10.1. The van der Waals surface area contributed by atoms with Crippen molar-refractivity contribution in [2.75, 3.05) is 0 Å². The third kappa shape index (κ3) is 0.838. The maximum Gasteiger partial charge on any atom is 0.0568 e. The number of benzene rings is 1. The van der Waals surface area contributed by atoms with Gasteiger partial charge in [-0.3, -0.25) is 0 Å². The van der Waals surface area contributed by atoms with E-state index < -0.39 is 0 Å². The van der Waals surface area contributed by atoms with Crippen LogP contribution in [0.1, 0.15) is 11.1 Å². The number of nitrogens with zero attached hydrogens (tertiary/aromatic N) is 2. The molecular formula is C8H6N2. The van der Waals surface area contributed by atoms with Crippen molar-refractivity contribution in [1.29, 1.82) is 0 Å². The summed E-state index contributed by atoms with van der Waals surface area (Å²) in [5.74, 6) is 0. The Kier molecular flexibility index (Phi) is 1.10. The average molecular weight is 130 g/mol. The second-order valence-electron chi connectivity index (χ2n) is 2.16. The van der Waals surface area contributed by atoms with E-state index in [1.54, 1.807) is 12.4 Å². The van der Waals surface area contributed by atoms with Crippen molar-refractivity contribution < 1.29 is 0 Å². The number of fused-ring (bicyclic) bond motifs is 3. The van der Waals surface area contributed by atoms with Crippen molar-refractivity contribution in [2.45, 2.75) is 0 Å². The van der Waals surface area contributed by atoms with Crippen LogP contribution < -0.4 is 0 Å². The van der Waals surface area contributed by atoms with E-state index >= 15 is 0 Å². The van der Waals surface area contributed by atoms with Gasteiger partial charge in [0.1, 0.15) is 0 Å². The Hall–Kier alpha value is -1.44. The van der Waals surface area contributed by atoms with Gasteiger partial charge >= 0.3 is 0 Å². The van der Waals surface area contributed by atoms with Crippen molar-refractivity contribution in [2.24, 2.45) is 10.2 Å². The van der Waals surface area contributed by atoms with Gasteiger partial charge in [-0.15, -0.1) is 0 Å². The van der Waals surface area contributed by atoms with Gasteiger partial charge in [-0.1, -0.05) is 24.3 Å². The molecule has 0 aromatic heterocycles. The van der Waals surface area contributed by atoms with Crippen molar-refractivity contribution in [1.82, 2.24) is 0 Å². The lowest BCUT2D eigenvalue weighted by Gasteiger charge is -1.95. The Bertz CT molecular complexity index is 252. The van der Waals surface area contributed by atoms with Crippen LogP contribution >= 0.6 is 0 Å². The molecule has 0 atom stereocenters. The van der Waals surface area contributed by atoms with Crippen LogP contribution in [-0.4, -0.2) is 12.4 Å². The number of hydrogen-bond acceptors (Lipinski definition) is 2. The van der Waals surface area contributed by atoms with Gasteiger partial charge in [0.2, 0.25) is 0 Å². The summed E-state index contributed by atoms with van der Waals surface area (Å²) >= 11 is 0. The maximum absolute atomic E-state index is 3.80. The smallest absolute Gasteiger partial charge is 0.0568 e. The van der Waals surface area contributed by atoms with E-state index in [-0.39, 0.29) is 0 Å². The molecule has 0 saturated heterocycles. The van der Waals surface area contributed by atoms with Gasteiger partial charge in [0.15, 0.2) is 0 Å². The quantitative estimate of drug-likeness (QED) is 0.508. The third-order valence-corrected chi connectivity index (χ3v) is 1.42. The largest absolute Gasteiger partial charge is 0.159 e. The maximum atomic E-state index is 3.80. The second-order valence-corrected chi connectivity index (χ2v) is 2.16. The first-order valence-corrected chi connectivity index (χ1v) is 3.12. The van der Waals surface area contributed by atoms with E-state index in [0.29, 0.717) is 0 Å². The summed E-state index contributed by atoms with van der Waals surface area (Å²) in [4.78, 5) is 0. The van der Waals surface area contributed by atoms with Gasteiger partial charge in [0.05, 0.1) is 12.4 Å². The van der Waals surface area contributed by atoms with E-state index in [1.165, 1.54) is 0 Å². The molecule has 0 unspecified atom stereocenters. The summed E-state index contributed by atoms with van der Waals surface area (Å²) in [6.07, 6.45) is 3.47. The molecule has 0 radical (unpaired) electrons. The van der Waals surface area contributed by atoms with Crippen molar-refractivity contribution >= 4 is 12.4 Å². The molecule has 3 rings (SSSR count). The molecule has 2 nitrogen and oxygen atoms in total. The molecule has 10 heavy (non-hydrogen) atoms. The van der Waals surface area contributed by atoms with Crippen LogP contribution in [0.15, 0.2) is 34.5 Å². The molecule has 0 amide bonds. The Morgan fingerprint density at radius 1 is 0.700 bits per heavy atom. The van der Waals surface area contributed by atoms with E-state index in [0.717, 1.165) is 11.1 Å². The molecule has 1 aromatic carbocycles. The Morgan fingerprint density at radius 2 is 1.10 bits per heavy atom. The predicted octanol–water partition coefficient (Wildman–Crippen LogP) is 1.45. The van der Waals surface area contributed by atoms with Crippen LogP contribution in [0.4, 0.5) is 0 Å². The molecule has 2 aliphatic rings. The lowest BCUT2D eigenvalue weighted by molar-refractivity contribution is 1.26. The third-order valence-electron chi connectivity index (χ3n) is 1.42. The molecule has 2 heterocycles. The highest BCUT2D eigenvalue weighted by Crippen LogP contribution is 2.02. The van der Waals surface area contributed by atoms with Crippen molar-refractivity contribution in [3.05, 3.63) is 35.4 Å². The fourth-order valence-electron chi connectivity index (χ4n) is 0.868. The zero-order valence-electron chi connectivity index (χ0n) is 5.36. The molecule has 1 aromatic rings. The average Bonchev–Trinajstić information content (AvgIpc) is 1.89. The predicted molar refractivity (Wildman–Crippen MR) is 41.6 cm³/mol. The molecule has 48 valence electrons. The van der Waals surface area contributed by atoms with Crippen LogP contribution in [0, 0.1) is 0 Å². The van der Waals surface area contributed by atoms with E-state index in [4.69, 9.17) is 0 Å². The highest BCUT2D eigenvalue weighted by atomic mass is 15.2. The standard InChI is InChI=1S/C8H6N2/c1-2-8-4-3-7(1)5-9-10-6-8/h1-6H/b7-5?,8-6?,9-5-,10-6?,10-9?. The summed E-state index contributed by atoms with van der Waals surface area (Å²) in [6, 6.07) is 8.07. The van der Waals surface area contributed by atoms with Crippen LogP contribution in [0.2, 0.25) is 0 Å². The topological polar surface area (TPSA) is 24.7 Å². The van der Waals surface area contributed by atoms with Crippen molar-refractivity contribution in [3.63, 3.8) is 0 Å². The molecule has 2 heteroatoms. The molecule has 0 fully saturated rings. The first-order valence-electron chi connectivity index (χ1n) is 3.12. The van der Waals surface area contributed by atoms with Gasteiger partial charge < -0.3 is 0 Å². The molecule has 2 bridgehead atoms. The van der Waals surface area contributed by atoms with E-state index in [1.807, 2.05) is 24.3 Å². The Labute approximate surface area is 58.9 Å². The minimum absolute atomic E-state index is 1.10. The summed E-state index contributed by atoms with van der Waals surface area (Å²) in [6.45, 7) is 0. The number of hydrogen-bond donors (Lipinski definition) is 0. The SMILES string of the molecule is C1=N/N=C\c2ccc1cc2. The molecule has 0 N–H and O–H groups in total. The van der Waals surface area contributed by atoms with Gasteiger partial charge in [0.25, 0.3) is 0 Å². The highest BCUT2D eigenvalue weighted by molar-refractivity contribution is 5.86. The van der Waals surface area contributed by atoms with Gasteiger partial charge in [-0.25, -0.2) is 0 Å². The van der Waals surface area contributed by atoms with Gasteiger partial charge in [0, 0.05) is 0 Å². The fraction of sp³-hybridized carbons (Fsp3) is 0. The molecule has 0 spiro atoms. The normalized spacial score (nSPS) is 16.4. The van der Waals surface area contributed by atoms with E-state index in [9.17, 15) is 0 Å². The minimum Gasteiger partial charge on any atom is -0.159 e. The molecule has 0 saturated carbocycles. The minimum atomic E-state index is 1.10. The Balaban J connectivity index is 2.65. The van der Waals surface area contributed by atoms with Crippen LogP contribution in [0.3, 0.4) is 0 Å². The monoisotopic (exact) mass is 130 g/mol. The van der Waals surface area contributed by atoms with E-state index in [2.05, 4.69) is 10.2 Å². The molecule has 0 aliphatic carbocycles. The summed E-state index contributed by atoms with van der Waals surface area (Å²) < 4.78 is 0. The zero-order valence-corrected chi connectivity index (χ0v) is 5.36. The van der Waals surface area contributed by atoms with Gasteiger partial charge in [-0.2, -0.15) is 10.2 Å². The molecule has 2 aliphatic heterocycles. The van der Waals surface area contributed by atoms with Crippen LogP contribution in [-0.2, 0) is 0 Å². The second kappa shape index (κ2) is 2.06. The summed E-state index contributed by atoms with van der Waals surface area (Å²) in [7, 11) is 0. The first-order chi connectivity index (χ1) is 4.95. The fourth-order valence-corrected chi connectivity index (χ4v) is 0.868.